The molecule has 41 heavy (non-hydrogen) atoms. The lowest BCUT2D eigenvalue weighted by Crippen LogP contribution is -2.48. The topological polar surface area (TPSA) is 181 Å². The van der Waals surface area contributed by atoms with E-state index < -0.39 is 12.1 Å². The number of rotatable bonds is 8. The summed E-state index contributed by atoms with van der Waals surface area (Å²) in [6.07, 6.45) is 0.826. The van der Waals surface area contributed by atoms with Gasteiger partial charge in [0.05, 0.1) is 25.6 Å². The smallest absolute Gasteiger partial charge is 0.321 e. The summed E-state index contributed by atoms with van der Waals surface area (Å²) >= 11 is 0. The normalized spacial score (nSPS) is 17.9. The number of fused-ring (bicyclic) bond motifs is 1. The van der Waals surface area contributed by atoms with Crippen molar-refractivity contribution in [3.63, 3.8) is 0 Å². The van der Waals surface area contributed by atoms with Gasteiger partial charge >= 0.3 is 6.03 Å². The Morgan fingerprint density at radius 1 is 1.27 bits per heavy atom. The molecule has 3 N–H and O–H groups in total. The van der Waals surface area contributed by atoms with E-state index in [-0.39, 0.29) is 49.9 Å². The standard InChI is InChI=1S/C26H35N9O6/c1-15-10-35(16(2)13-36)24(38)9-19-8-20(28-23(37)12-34-14-27-31-32-34)6-7-21(19)40-22(15)11-33(5)26(39)29-25-17(3)30-41-18(25)4/h6-8,14-16,22,36H,9-13H2,1-5H3,(H,28,37)(H,29,39)/t15-,16-,22+/m0/s1. The van der Waals surface area contributed by atoms with E-state index in [0.717, 1.165) is 0 Å². The predicted molar refractivity (Wildman–Crippen MR) is 146 cm³/mol. The number of ether oxygens (including phenoxy) is 1. The number of aromatic nitrogens is 5. The number of nitrogens with one attached hydrogen (secondary N) is 2. The number of nitrogens with zero attached hydrogens (tertiary/aromatic N) is 7. The maximum absolute atomic E-state index is 13.4. The van der Waals surface area contributed by atoms with Crippen molar-refractivity contribution < 1.29 is 28.8 Å². The minimum Gasteiger partial charge on any atom is -0.488 e. The first-order chi connectivity index (χ1) is 19.5. The summed E-state index contributed by atoms with van der Waals surface area (Å²) in [5.41, 5.74) is 2.11. The first-order valence-corrected chi connectivity index (χ1v) is 13.2. The molecule has 2 aromatic heterocycles. The molecule has 1 aliphatic rings. The first kappa shape index (κ1) is 29.5. The Labute approximate surface area is 236 Å². The number of aliphatic hydroxyl groups is 1. The van der Waals surface area contributed by atoms with Gasteiger partial charge < -0.3 is 34.8 Å². The minimum absolute atomic E-state index is 0.00180. The van der Waals surface area contributed by atoms with Gasteiger partial charge in [0.15, 0.2) is 5.76 Å². The highest BCUT2D eigenvalue weighted by atomic mass is 16.5. The van der Waals surface area contributed by atoms with Gasteiger partial charge in [-0.1, -0.05) is 12.1 Å². The average Bonchev–Trinajstić information content (AvgIpc) is 3.57. The molecule has 3 heterocycles. The number of benzene rings is 1. The number of aliphatic hydroxyl groups excluding tert-OH is 1. The summed E-state index contributed by atoms with van der Waals surface area (Å²) in [7, 11) is 1.65. The van der Waals surface area contributed by atoms with Crippen LogP contribution in [0.2, 0.25) is 0 Å². The third kappa shape index (κ3) is 7.16. The Morgan fingerprint density at radius 3 is 2.71 bits per heavy atom. The van der Waals surface area contributed by atoms with Crippen LogP contribution in [0.1, 0.15) is 30.9 Å². The molecule has 4 amide bonds. The van der Waals surface area contributed by atoms with Crippen LogP contribution < -0.4 is 15.4 Å². The highest BCUT2D eigenvalue weighted by molar-refractivity contribution is 5.91. The number of likely N-dealkylation sites (N-methyl/N-ethyl adjacent to an activating group) is 1. The van der Waals surface area contributed by atoms with Crippen molar-refractivity contribution in [1.29, 1.82) is 0 Å². The number of hydrogen-bond acceptors (Lipinski definition) is 10. The van der Waals surface area contributed by atoms with Crippen LogP contribution in [0.4, 0.5) is 16.2 Å². The predicted octanol–water partition coefficient (Wildman–Crippen LogP) is 1.23. The van der Waals surface area contributed by atoms with Crippen molar-refractivity contribution >= 4 is 29.2 Å². The molecule has 1 aromatic carbocycles. The lowest BCUT2D eigenvalue weighted by molar-refractivity contribution is -0.134. The largest absolute Gasteiger partial charge is 0.488 e. The fraction of sp³-hybridized carbons (Fsp3) is 0.500. The Balaban J connectivity index is 1.57. The van der Waals surface area contributed by atoms with Crippen LogP contribution in [0.5, 0.6) is 5.75 Å². The van der Waals surface area contributed by atoms with Gasteiger partial charge in [-0.15, -0.1) is 5.10 Å². The fourth-order valence-electron chi connectivity index (χ4n) is 4.54. The minimum atomic E-state index is -0.506. The van der Waals surface area contributed by atoms with Gasteiger partial charge in [0.25, 0.3) is 0 Å². The molecule has 4 rings (SSSR count). The summed E-state index contributed by atoms with van der Waals surface area (Å²) < 4.78 is 12.9. The molecule has 0 spiro atoms. The molecule has 15 heteroatoms. The Hall–Kier alpha value is -4.53. The summed E-state index contributed by atoms with van der Waals surface area (Å²) in [5, 5.41) is 30.1. The number of hydrogen-bond donors (Lipinski definition) is 3. The van der Waals surface area contributed by atoms with E-state index in [1.54, 1.807) is 50.9 Å². The highest BCUT2D eigenvalue weighted by Crippen LogP contribution is 2.29. The molecule has 1 aliphatic heterocycles. The van der Waals surface area contributed by atoms with Crippen molar-refractivity contribution in [2.24, 2.45) is 5.92 Å². The van der Waals surface area contributed by atoms with Crippen LogP contribution in [0.3, 0.4) is 0 Å². The number of urea groups is 1. The van der Waals surface area contributed by atoms with Crippen molar-refractivity contribution in [2.75, 3.05) is 37.4 Å². The molecule has 0 saturated carbocycles. The van der Waals surface area contributed by atoms with Crippen LogP contribution >= 0.6 is 0 Å². The summed E-state index contributed by atoms with van der Waals surface area (Å²) in [5.74, 6) is 0.222. The molecule has 0 aliphatic carbocycles. The maximum Gasteiger partial charge on any atom is 0.321 e. The summed E-state index contributed by atoms with van der Waals surface area (Å²) in [6, 6.07) is 4.28. The Kier molecular flexibility index (Phi) is 9.17. The van der Waals surface area contributed by atoms with E-state index in [9.17, 15) is 19.5 Å². The number of carbonyl (C=O) groups excluding carboxylic acids is 3. The van der Waals surface area contributed by atoms with E-state index in [1.807, 2.05) is 6.92 Å². The lowest BCUT2D eigenvalue weighted by atomic mass is 10.0. The van der Waals surface area contributed by atoms with Gasteiger partial charge in [0, 0.05) is 30.8 Å². The maximum atomic E-state index is 13.4. The SMILES string of the molecule is Cc1noc(C)c1NC(=O)N(C)C[C@H]1Oc2ccc(NC(=O)Cn3cnnn3)cc2CC(=O)N([C@@H](C)CO)C[C@@H]1C. The molecule has 0 radical (unpaired) electrons. The molecule has 3 aromatic rings. The van der Waals surface area contributed by atoms with Gasteiger partial charge in [-0.05, 0) is 49.4 Å². The molecular formula is C26H35N9O6. The van der Waals surface area contributed by atoms with E-state index >= 15 is 0 Å². The molecule has 220 valence electrons. The Bertz CT molecular complexity index is 1360. The van der Waals surface area contributed by atoms with Crippen LogP contribution in [0.25, 0.3) is 0 Å². The molecule has 0 bridgehead atoms. The quantitative estimate of drug-likeness (QED) is 0.357. The number of aryl methyl sites for hydroxylation is 2. The molecule has 15 nitrogen and oxygen atoms in total. The van der Waals surface area contributed by atoms with Gasteiger partial charge in [-0.2, -0.15) is 0 Å². The van der Waals surface area contributed by atoms with E-state index in [2.05, 4.69) is 31.3 Å². The van der Waals surface area contributed by atoms with Crippen molar-refractivity contribution in [3.05, 3.63) is 41.5 Å². The summed E-state index contributed by atoms with van der Waals surface area (Å²) in [4.78, 5) is 42.1. The van der Waals surface area contributed by atoms with E-state index in [0.29, 0.717) is 40.7 Å². The second-order valence-corrected chi connectivity index (χ2v) is 10.3. The number of anilines is 2. The van der Waals surface area contributed by atoms with Crippen LogP contribution in [-0.2, 0) is 22.6 Å². The molecule has 0 fully saturated rings. The van der Waals surface area contributed by atoms with Crippen LogP contribution in [-0.4, -0.2) is 97.0 Å². The van der Waals surface area contributed by atoms with Gasteiger partial charge in [-0.3, -0.25) is 9.59 Å². The van der Waals surface area contributed by atoms with Crippen molar-refractivity contribution in [2.45, 2.75) is 52.8 Å². The average molecular weight is 570 g/mol. The highest BCUT2D eigenvalue weighted by Gasteiger charge is 2.32. The Morgan fingerprint density at radius 2 is 2.05 bits per heavy atom. The zero-order valence-corrected chi connectivity index (χ0v) is 23.7. The third-order valence-corrected chi connectivity index (χ3v) is 6.96. The van der Waals surface area contributed by atoms with Crippen LogP contribution in [0.15, 0.2) is 29.0 Å². The zero-order valence-electron chi connectivity index (χ0n) is 23.7. The number of carbonyl (C=O) groups is 3. The summed E-state index contributed by atoms with van der Waals surface area (Å²) in [6.45, 7) is 7.40. The monoisotopic (exact) mass is 569 g/mol. The van der Waals surface area contributed by atoms with E-state index in [1.165, 1.54) is 15.9 Å². The fourth-order valence-corrected chi connectivity index (χ4v) is 4.54. The molecule has 3 atom stereocenters. The number of amides is 4. The second-order valence-electron chi connectivity index (χ2n) is 10.3. The van der Waals surface area contributed by atoms with Crippen LogP contribution in [0, 0.1) is 19.8 Å². The molecule has 0 saturated heterocycles. The second kappa shape index (κ2) is 12.8. The van der Waals surface area contributed by atoms with Crippen molar-refractivity contribution in [3.8, 4) is 5.75 Å². The first-order valence-electron chi connectivity index (χ1n) is 13.2. The molecular weight excluding hydrogens is 534 g/mol. The van der Waals surface area contributed by atoms with Gasteiger partial charge in [0.2, 0.25) is 11.8 Å². The van der Waals surface area contributed by atoms with Crippen molar-refractivity contribution in [1.82, 2.24) is 35.2 Å². The van der Waals surface area contributed by atoms with E-state index in [4.69, 9.17) is 9.26 Å². The van der Waals surface area contributed by atoms with Gasteiger partial charge in [-0.25, -0.2) is 9.48 Å². The van der Waals surface area contributed by atoms with Gasteiger partial charge in [0.1, 0.15) is 36.1 Å². The third-order valence-electron chi connectivity index (χ3n) is 6.96. The number of tetrazole rings is 1. The zero-order chi connectivity index (χ0) is 29.7. The molecule has 0 unspecified atom stereocenters. The lowest BCUT2D eigenvalue weighted by Gasteiger charge is -2.34.